The van der Waals surface area contributed by atoms with Crippen molar-refractivity contribution in [2.75, 3.05) is 6.54 Å². The van der Waals surface area contributed by atoms with E-state index in [1.54, 1.807) is 0 Å². The fourth-order valence-electron chi connectivity index (χ4n) is 2.80. The first kappa shape index (κ1) is 11.6. The molecule has 0 aromatic heterocycles. The smallest absolute Gasteiger partial charge is 0.0681 e. The lowest BCUT2D eigenvalue weighted by molar-refractivity contribution is 0.183. The third-order valence-corrected chi connectivity index (χ3v) is 3.71. The van der Waals surface area contributed by atoms with Gasteiger partial charge >= 0.3 is 0 Å². The molecule has 88 valence electrons. The number of aliphatic hydroxyl groups is 1. The zero-order chi connectivity index (χ0) is 11.7. The van der Waals surface area contributed by atoms with Gasteiger partial charge in [0.2, 0.25) is 0 Å². The average Bonchev–Trinajstić information content (AvgIpc) is 2.54. The molecular formula is C14H21NO. The van der Waals surface area contributed by atoms with Crippen molar-refractivity contribution in [3.8, 4) is 0 Å². The Kier molecular flexibility index (Phi) is 3.31. The lowest BCUT2D eigenvalue weighted by atomic mass is 10.0. The van der Waals surface area contributed by atoms with Gasteiger partial charge in [-0.15, -0.1) is 0 Å². The molecule has 0 fully saturated rings. The van der Waals surface area contributed by atoms with E-state index in [9.17, 15) is 5.11 Å². The van der Waals surface area contributed by atoms with Crippen LogP contribution in [0, 0.1) is 0 Å². The van der Waals surface area contributed by atoms with E-state index in [0.29, 0.717) is 12.1 Å². The molecule has 0 bridgehead atoms. The summed E-state index contributed by atoms with van der Waals surface area (Å²) in [7, 11) is 0. The topological polar surface area (TPSA) is 23.5 Å². The predicted octanol–water partition coefficient (Wildman–Crippen LogP) is 3.03. The van der Waals surface area contributed by atoms with Crippen LogP contribution in [0.1, 0.15) is 56.0 Å². The highest BCUT2D eigenvalue weighted by Crippen LogP contribution is 2.41. The SMILES string of the molecule is CCCN1C(C)c2ccc(CO)cc2C1C. The van der Waals surface area contributed by atoms with Crippen molar-refractivity contribution in [1.29, 1.82) is 0 Å². The van der Waals surface area contributed by atoms with Gasteiger partial charge in [0.1, 0.15) is 0 Å². The van der Waals surface area contributed by atoms with Gasteiger partial charge in [-0.2, -0.15) is 0 Å². The second kappa shape index (κ2) is 4.56. The maximum Gasteiger partial charge on any atom is 0.0681 e. The molecule has 2 atom stereocenters. The summed E-state index contributed by atoms with van der Waals surface area (Å²) in [5.41, 5.74) is 3.85. The van der Waals surface area contributed by atoms with Crippen LogP contribution in [0.2, 0.25) is 0 Å². The first-order chi connectivity index (χ1) is 7.69. The Bertz CT molecular complexity index is 375. The fraction of sp³-hybridized carbons (Fsp3) is 0.571. The quantitative estimate of drug-likeness (QED) is 0.844. The molecule has 0 amide bonds. The van der Waals surface area contributed by atoms with Crippen LogP contribution in [0.4, 0.5) is 0 Å². The number of nitrogens with zero attached hydrogens (tertiary/aromatic N) is 1. The van der Waals surface area contributed by atoms with Crippen LogP contribution < -0.4 is 0 Å². The van der Waals surface area contributed by atoms with Crippen LogP contribution in [0.5, 0.6) is 0 Å². The number of hydrogen-bond acceptors (Lipinski definition) is 2. The molecule has 2 nitrogen and oxygen atoms in total. The van der Waals surface area contributed by atoms with Gasteiger partial charge in [0.15, 0.2) is 0 Å². The van der Waals surface area contributed by atoms with E-state index in [2.05, 4.69) is 37.8 Å². The summed E-state index contributed by atoms with van der Waals surface area (Å²) >= 11 is 0. The molecule has 0 saturated carbocycles. The second-order valence-corrected chi connectivity index (χ2v) is 4.71. The second-order valence-electron chi connectivity index (χ2n) is 4.71. The normalized spacial score (nSPS) is 24.8. The maximum atomic E-state index is 9.18. The van der Waals surface area contributed by atoms with Crippen molar-refractivity contribution in [3.05, 3.63) is 34.9 Å². The van der Waals surface area contributed by atoms with Crippen LogP contribution in [-0.4, -0.2) is 16.6 Å². The van der Waals surface area contributed by atoms with Crippen molar-refractivity contribution in [1.82, 2.24) is 4.90 Å². The summed E-state index contributed by atoms with van der Waals surface area (Å²) in [6, 6.07) is 7.37. The van der Waals surface area contributed by atoms with Crippen LogP contribution in [0.15, 0.2) is 18.2 Å². The van der Waals surface area contributed by atoms with Gasteiger partial charge in [-0.25, -0.2) is 0 Å². The molecule has 2 heteroatoms. The molecular weight excluding hydrogens is 198 g/mol. The van der Waals surface area contributed by atoms with Crippen molar-refractivity contribution >= 4 is 0 Å². The molecule has 1 aliphatic rings. The standard InChI is InChI=1S/C14H21NO/c1-4-7-15-10(2)13-6-5-12(9-16)8-14(13)11(15)3/h5-6,8,10-11,16H,4,7,9H2,1-3H3. The van der Waals surface area contributed by atoms with Crippen LogP contribution in [-0.2, 0) is 6.61 Å². The van der Waals surface area contributed by atoms with Crippen LogP contribution >= 0.6 is 0 Å². The van der Waals surface area contributed by atoms with Gasteiger partial charge in [-0.1, -0.05) is 25.1 Å². The van der Waals surface area contributed by atoms with Crippen molar-refractivity contribution in [3.63, 3.8) is 0 Å². The number of aliphatic hydroxyl groups excluding tert-OH is 1. The van der Waals surface area contributed by atoms with E-state index in [0.717, 1.165) is 12.1 Å². The Morgan fingerprint density at radius 3 is 2.50 bits per heavy atom. The number of hydrogen-bond donors (Lipinski definition) is 1. The summed E-state index contributed by atoms with van der Waals surface area (Å²) in [5.74, 6) is 0. The minimum atomic E-state index is 0.141. The summed E-state index contributed by atoms with van der Waals surface area (Å²) in [4.78, 5) is 2.53. The molecule has 0 aliphatic carbocycles. The molecule has 1 aromatic carbocycles. The third-order valence-electron chi connectivity index (χ3n) is 3.71. The summed E-state index contributed by atoms with van der Waals surface area (Å²) in [6.45, 7) is 8.05. The van der Waals surface area contributed by atoms with E-state index < -0.39 is 0 Å². The molecule has 16 heavy (non-hydrogen) atoms. The van der Waals surface area contributed by atoms with E-state index in [-0.39, 0.29) is 6.61 Å². The highest BCUT2D eigenvalue weighted by Gasteiger charge is 2.32. The molecule has 1 aromatic rings. The van der Waals surface area contributed by atoms with E-state index in [1.807, 2.05) is 6.07 Å². The van der Waals surface area contributed by atoms with Crippen molar-refractivity contribution in [2.45, 2.75) is 45.9 Å². The maximum absolute atomic E-state index is 9.18. The van der Waals surface area contributed by atoms with Gasteiger partial charge in [0.25, 0.3) is 0 Å². The van der Waals surface area contributed by atoms with Gasteiger partial charge in [-0.3, -0.25) is 4.90 Å². The van der Waals surface area contributed by atoms with E-state index in [4.69, 9.17) is 0 Å². The van der Waals surface area contributed by atoms with Gasteiger partial charge in [0, 0.05) is 12.1 Å². The molecule has 1 N–H and O–H groups in total. The Morgan fingerprint density at radius 2 is 1.88 bits per heavy atom. The van der Waals surface area contributed by atoms with Gasteiger partial charge < -0.3 is 5.11 Å². The molecule has 1 aliphatic heterocycles. The summed E-state index contributed by atoms with van der Waals surface area (Å²) in [5, 5.41) is 9.18. The first-order valence-electron chi connectivity index (χ1n) is 6.18. The third kappa shape index (κ3) is 1.76. The fourth-order valence-corrected chi connectivity index (χ4v) is 2.80. The highest BCUT2D eigenvalue weighted by molar-refractivity contribution is 5.39. The number of benzene rings is 1. The predicted molar refractivity (Wildman–Crippen MR) is 66.2 cm³/mol. The summed E-state index contributed by atoms with van der Waals surface area (Å²) in [6.07, 6.45) is 1.19. The Morgan fingerprint density at radius 1 is 1.19 bits per heavy atom. The van der Waals surface area contributed by atoms with Gasteiger partial charge in [0.05, 0.1) is 6.61 Å². The Hall–Kier alpha value is -0.860. The monoisotopic (exact) mass is 219 g/mol. The average molecular weight is 219 g/mol. The zero-order valence-electron chi connectivity index (χ0n) is 10.4. The Labute approximate surface area is 97.9 Å². The first-order valence-corrected chi connectivity index (χ1v) is 6.18. The van der Waals surface area contributed by atoms with Gasteiger partial charge in [-0.05, 0) is 43.5 Å². The minimum Gasteiger partial charge on any atom is -0.392 e. The van der Waals surface area contributed by atoms with Crippen LogP contribution in [0.3, 0.4) is 0 Å². The molecule has 0 spiro atoms. The largest absolute Gasteiger partial charge is 0.392 e. The number of fused-ring (bicyclic) bond motifs is 1. The number of rotatable bonds is 3. The summed E-state index contributed by atoms with van der Waals surface area (Å²) < 4.78 is 0. The van der Waals surface area contributed by atoms with Crippen molar-refractivity contribution in [2.24, 2.45) is 0 Å². The van der Waals surface area contributed by atoms with Crippen LogP contribution in [0.25, 0.3) is 0 Å². The lowest BCUT2D eigenvalue weighted by Gasteiger charge is -2.25. The zero-order valence-corrected chi connectivity index (χ0v) is 10.4. The molecule has 1 heterocycles. The minimum absolute atomic E-state index is 0.141. The van der Waals surface area contributed by atoms with E-state index >= 15 is 0 Å². The molecule has 0 radical (unpaired) electrons. The Balaban J connectivity index is 2.35. The molecule has 2 unspecified atom stereocenters. The lowest BCUT2D eigenvalue weighted by Crippen LogP contribution is -2.23. The molecule has 2 rings (SSSR count). The van der Waals surface area contributed by atoms with E-state index in [1.165, 1.54) is 17.5 Å². The van der Waals surface area contributed by atoms with Crippen molar-refractivity contribution < 1.29 is 5.11 Å². The highest BCUT2D eigenvalue weighted by atomic mass is 16.3. The molecule has 0 saturated heterocycles.